The zero-order valence-electron chi connectivity index (χ0n) is 25.9. The molecule has 2 fully saturated rings. The number of carbonyl (C=O) groups is 3. The molecule has 2 aromatic heterocycles. The summed E-state index contributed by atoms with van der Waals surface area (Å²) in [5, 5.41) is 18.1. The van der Waals surface area contributed by atoms with Crippen molar-refractivity contribution in [3.63, 3.8) is 0 Å². The molecule has 3 heterocycles. The smallest absolute Gasteiger partial charge is 0.417 e. The van der Waals surface area contributed by atoms with Crippen LogP contribution in [0, 0.1) is 5.92 Å². The first-order valence-corrected chi connectivity index (χ1v) is 14.5. The number of halogens is 5. The first-order valence-electron chi connectivity index (χ1n) is 14.5. The summed E-state index contributed by atoms with van der Waals surface area (Å²) in [6.45, 7) is 9.30. The van der Waals surface area contributed by atoms with E-state index in [0.29, 0.717) is 0 Å². The number of rotatable bonds is 5. The summed E-state index contributed by atoms with van der Waals surface area (Å²) < 4.78 is 81.2. The molecule has 4 rings (SSSR count). The van der Waals surface area contributed by atoms with Gasteiger partial charge in [-0.15, -0.1) is 0 Å². The number of ether oxygens (including phenoxy) is 2. The minimum atomic E-state index is -5.03. The molecule has 1 saturated heterocycles. The molecule has 1 saturated carbocycles. The van der Waals surface area contributed by atoms with Gasteiger partial charge in [0.2, 0.25) is 5.92 Å². The minimum absolute atomic E-state index is 0.0918. The third kappa shape index (κ3) is 8.19. The monoisotopic (exact) mass is 647 g/mol. The fourth-order valence-electron chi connectivity index (χ4n) is 5.58. The molecule has 0 radical (unpaired) electrons. The van der Waals surface area contributed by atoms with E-state index >= 15 is 0 Å². The van der Waals surface area contributed by atoms with Crippen molar-refractivity contribution in [1.29, 1.82) is 0 Å². The van der Waals surface area contributed by atoms with Crippen LogP contribution in [0.4, 0.5) is 31.5 Å². The van der Waals surface area contributed by atoms with Crippen LogP contribution in [0.25, 0.3) is 5.65 Å². The standard InChI is InChI=1S/C29H38F5N5O6/c1-25(2,3)44-23(41)37-21(17-7-9-28(30,31)10-8-17)18-15-38-20(36-18)11-16(14-35-38)12-27(43)13-19(29(32,33)34)39(22(27)40)24(42)45-26(4,5)6/h11,14-15,17,19,21,43H,7-10,12-13H2,1-6H3,(H,37,41)/t19-,21-,27+/m0/s1. The molecule has 2 N–H and O–H groups in total. The summed E-state index contributed by atoms with van der Waals surface area (Å²) in [5.41, 5.74) is -4.06. The lowest BCUT2D eigenvalue weighted by Gasteiger charge is -2.33. The van der Waals surface area contributed by atoms with Gasteiger partial charge in [0.25, 0.3) is 5.91 Å². The van der Waals surface area contributed by atoms with Crippen LogP contribution in [0.1, 0.15) is 90.9 Å². The minimum Gasteiger partial charge on any atom is -0.444 e. The average Bonchev–Trinajstić information content (AvgIpc) is 3.39. The molecule has 16 heteroatoms. The molecule has 3 atom stereocenters. The van der Waals surface area contributed by atoms with E-state index in [9.17, 15) is 41.4 Å². The molecule has 0 aromatic carbocycles. The van der Waals surface area contributed by atoms with E-state index in [1.807, 2.05) is 0 Å². The summed E-state index contributed by atoms with van der Waals surface area (Å²) in [6.07, 6.45) is -6.91. The van der Waals surface area contributed by atoms with Crippen LogP contribution in [0.2, 0.25) is 0 Å². The first-order chi connectivity index (χ1) is 20.5. The maximum atomic E-state index is 13.9. The number of imide groups is 1. The lowest BCUT2D eigenvalue weighted by molar-refractivity contribution is -0.177. The Labute approximate surface area is 256 Å². The number of alkyl halides is 5. The highest BCUT2D eigenvalue weighted by atomic mass is 19.4. The Morgan fingerprint density at radius 3 is 2.24 bits per heavy atom. The molecule has 250 valence electrons. The summed E-state index contributed by atoms with van der Waals surface area (Å²) in [5.74, 6) is -4.68. The zero-order valence-corrected chi connectivity index (χ0v) is 25.9. The van der Waals surface area contributed by atoms with Crippen molar-refractivity contribution in [3.8, 4) is 0 Å². The summed E-state index contributed by atoms with van der Waals surface area (Å²) in [6, 6.07) is -2.04. The van der Waals surface area contributed by atoms with Crippen LogP contribution in [0.5, 0.6) is 0 Å². The summed E-state index contributed by atoms with van der Waals surface area (Å²) >= 11 is 0. The number of hydrogen-bond acceptors (Lipinski definition) is 8. The number of likely N-dealkylation sites (tertiary alicyclic amines) is 1. The van der Waals surface area contributed by atoms with Crippen molar-refractivity contribution in [1.82, 2.24) is 24.8 Å². The van der Waals surface area contributed by atoms with Gasteiger partial charge in [-0.25, -0.2) is 32.8 Å². The largest absolute Gasteiger partial charge is 0.444 e. The van der Waals surface area contributed by atoms with E-state index in [0.717, 1.165) is 0 Å². The van der Waals surface area contributed by atoms with Gasteiger partial charge in [-0.05, 0) is 71.9 Å². The topological polar surface area (TPSA) is 135 Å². The van der Waals surface area contributed by atoms with Crippen molar-refractivity contribution in [2.75, 3.05) is 0 Å². The predicted molar refractivity (Wildman–Crippen MR) is 148 cm³/mol. The average molecular weight is 648 g/mol. The fourth-order valence-corrected chi connectivity index (χ4v) is 5.58. The molecule has 45 heavy (non-hydrogen) atoms. The van der Waals surface area contributed by atoms with E-state index in [1.54, 1.807) is 20.8 Å². The zero-order chi connectivity index (χ0) is 33.8. The number of imidazole rings is 1. The maximum absolute atomic E-state index is 13.9. The molecule has 0 bridgehead atoms. The SMILES string of the molecule is CC(C)(C)OC(=O)N[C@H](c1cn2ncc(C[C@@]3(O)C[C@@H](C(F)(F)F)N(C(=O)OC(C)(C)C)C3=O)cc2n1)C1CCC(F)(F)CC1. The van der Waals surface area contributed by atoms with Gasteiger partial charge in [-0.3, -0.25) is 4.79 Å². The molecule has 2 aliphatic rings. The van der Waals surface area contributed by atoms with Gasteiger partial charge >= 0.3 is 18.4 Å². The second-order valence-electron chi connectivity index (χ2n) is 13.8. The third-order valence-electron chi connectivity index (χ3n) is 7.54. The van der Waals surface area contributed by atoms with Gasteiger partial charge in [0.15, 0.2) is 5.65 Å². The van der Waals surface area contributed by atoms with Crippen LogP contribution in [0.3, 0.4) is 0 Å². The van der Waals surface area contributed by atoms with Crippen LogP contribution in [-0.4, -0.2) is 77.6 Å². The number of nitrogens with one attached hydrogen (secondary N) is 1. The van der Waals surface area contributed by atoms with Crippen LogP contribution in [-0.2, 0) is 20.7 Å². The molecule has 3 amide bonds. The Balaban J connectivity index is 1.61. The second-order valence-corrected chi connectivity index (χ2v) is 13.8. The van der Waals surface area contributed by atoms with Gasteiger partial charge in [0, 0.05) is 25.7 Å². The molecule has 1 aliphatic carbocycles. The quantitative estimate of drug-likeness (QED) is 0.407. The van der Waals surface area contributed by atoms with E-state index in [2.05, 4.69) is 15.4 Å². The molecule has 0 spiro atoms. The van der Waals surface area contributed by atoms with Gasteiger partial charge in [0.05, 0.1) is 24.1 Å². The predicted octanol–water partition coefficient (Wildman–Crippen LogP) is 5.49. The Bertz CT molecular complexity index is 1440. The Hall–Kier alpha value is -3.56. The van der Waals surface area contributed by atoms with E-state index in [-0.39, 0.29) is 47.5 Å². The number of nitrogens with zero attached hydrogens (tertiary/aromatic N) is 4. The van der Waals surface area contributed by atoms with Gasteiger partial charge in [-0.1, -0.05) is 0 Å². The van der Waals surface area contributed by atoms with E-state index < -0.39 is 77.8 Å². The van der Waals surface area contributed by atoms with Crippen molar-refractivity contribution in [2.45, 2.75) is 121 Å². The fraction of sp³-hybridized carbons (Fsp3) is 0.690. The molecule has 1 aliphatic heterocycles. The normalized spacial score (nSPS) is 23.7. The van der Waals surface area contributed by atoms with Gasteiger partial charge in [-0.2, -0.15) is 18.3 Å². The first kappa shape index (κ1) is 34.3. The molecular weight excluding hydrogens is 609 g/mol. The Morgan fingerprint density at radius 2 is 1.69 bits per heavy atom. The van der Waals surface area contributed by atoms with Crippen molar-refractivity contribution in [3.05, 3.63) is 29.7 Å². The van der Waals surface area contributed by atoms with Crippen LogP contribution in [0.15, 0.2) is 18.5 Å². The van der Waals surface area contributed by atoms with Crippen LogP contribution < -0.4 is 5.32 Å². The molecule has 11 nitrogen and oxygen atoms in total. The number of aromatic nitrogens is 3. The Kier molecular flexibility index (Phi) is 8.89. The molecular formula is C29H38F5N5O6. The molecule has 2 aromatic rings. The molecule has 0 unspecified atom stereocenters. The maximum Gasteiger partial charge on any atom is 0.417 e. The van der Waals surface area contributed by atoms with Crippen LogP contribution >= 0.6 is 0 Å². The number of fused-ring (bicyclic) bond motifs is 1. The number of alkyl carbamates (subject to hydrolysis) is 1. The lowest BCUT2D eigenvalue weighted by Crippen LogP contribution is -2.50. The van der Waals surface area contributed by atoms with E-state index in [4.69, 9.17) is 9.47 Å². The number of hydrogen-bond donors (Lipinski definition) is 2. The van der Waals surface area contributed by atoms with E-state index in [1.165, 1.54) is 43.7 Å². The Morgan fingerprint density at radius 1 is 1.09 bits per heavy atom. The van der Waals surface area contributed by atoms with Crippen molar-refractivity contribution in [2.24, 2.45) is 5.92 Å². The number of amides is 3. The number of carbonyl (C=O) groups excluding carboxylic acids is 3. The summed E-state index contributed by atoms with van der Waals surface area (Å²) in [4.78, 5) is 42.8. The highest BCUT2D eigenvalue weighted by Gasteiger charge is 2.62. The summed E-state index contributed by atoms with van der Waals surface area (Å²) in [7, 11) is 0. The second kappa shape index (κ2) is 11.7. The third-order valence-corrected chi connectivity index (χ3v) is 7.54. The number of aliphatic hydroxyl groups is 1. The highest BCUT2D eigenvalue weighted by molar-refractivity contribution is 5.99. The van der Waals surface area contributed by atoms with Gasteiger partial charge in [0.1, 0.15) is 22.8 Å². The van der Waals surface area contributed by atoms with Crippen molar-refractivity contribution < 1.29 is 50.9 Å². The lowest BCUT2D eigenvalue weighted by atomic mass is 9.81. The van der Waals surface area contributed by atoms with Gasteiger partial charge < -0.3 is 19.9 Å². The van der Waals surface area contributed by atoms with Crippen molar-refractivity contribution >= 4 is 23.7 Å². The highest BCUT2D eigenvalue weighted by Crippen LogP contribution is 2.42.